The van der Waals surface area contributed by atoms with Gasteiger partial charge in [-0.1, -0.05) is 17.7 Å². The van der Waals surface area contributed by atoms with Crippen LogP contribution in [0.1, 0.15) is 16.7 Å². The van der Waals surface area contributed by atoms with Crippen LogP contribution in [0.4, 0.5) is 0 Å². The zero-order valence-electron chi connectivity index (χ0n) is 13.1. The van der Waals surface area contributed by atoms with Crippen LogP contribution in [-0.4, -0.2) is 23.8 Å². The standard InChI is InChI=1S/C17H16BrClN2O3/c1-10-3-11(2)5-14(4-10)24-9-16(22)21-20-8-12-6-13(19)7-15(18)17(12)23/h3-8,23H,9H2,1-2H3,(H,21,22)/b20-8-. The van der Waals surface area contributed by atoms with Crippen molar-refractivity contribution in [3.05, 3.63) is 56.5 Å². The molecule has 2 N–H and O–H groups in total. The number of benzene rings is 2. The van der Waals surface area contributed by atoms with Gasteiger partial charge < -0.3 is 9.84 Å². The van der Waals surface area contributed by atoms with E-state index in [1.54, 1.807) is 6.07 Å². The molecule has 5 nitrogen and oxygen atoms in total. The highest BCUT2D eigenvalue weighted by atomic mass is 79.9. The average molecular weight is 412 g/mol. The number of phenols is 1. The third-order valence-electron chi connectivity index (χ3n) is 3.02. The molecule has 2 aromatic carbocycles. The number of nitrogens with one attached hydrogen (secondary N) is 1. The number of halogens is 2. The number of rotatable bonds is 5. The fourth-order valence-corrected chi connectivity index (χ4v) is 2.89. The number of phenolic OH excluding ortho intramolecular Hbond substituents is 1. The Hall–Kier alpha value is -2.05. The predicted octanol–water partition coefficient (Wildman–Crippen LogP) is 3.95. The van der Waals surface area contributed by atoms with Crippen LogP contribution in [-0.2, 0) is 4.79 Å². The highest BCUT2D eigenvalue weighted by Crippen LogP contribution is 2.30. The van der Waals surface area contributed by atoms with Gasteiger partial charge in [0.15, 0.2) is 6.61 Å². The normalized spacial score (nSPS) is 10.8. The summed E-state index contributed by atoms with van der Waals surface area (Å²) in [6.07, 6.45) is 1.31. The van der Waals surface area contributed by atoms with Crippen molar-refractivity contribution in [1.82, 2.24) is 5.43 Å². The minimum Gasteiger partial charge on any atom is -0.506 e. The molecule has 0 fully saturated rings. The summed E-state index contributed by atoms with van der Waals surface area (Å²) in [5.41, 5.74) is 4.83. The molecule has 24 heavy (non-hydrogen) atoms. The lowest BCUT2D eigenvalue weighted by atomic mass is 10.1. The Morgan fingerprint density at radius 1 is 1.29 bits per heavy atom. The van der Waals surface area contributed by atoms with Gasteiger partial charge in [-0.2, -0.15) is 5.10 Å². The number of aromatic hydroxyl groups is 1. The molecule has 0 bridgehead atoms. The first kappa shape index (κ1) is 18.3. The first-order chi connectivity index (χ1) is 11.3. The summed E-state index contributed by atoms with van der Waals surface area (Å²) in [5.74, 6) is 0.206. The van der Waals surface area contributed by atoms with Gasteiger partial charge in [-0.25, -0.2) is 5.43 Å². The van der Waals surface area contributed by atoms with Gasteiger partial charge in [0, 0.05) is 10.6 Å². The Balaban J connectivity index is 1.91. The Kier molecular flexibility index (Phi) is 6.23. The number of hydrogen-bond acceptors (Lipinski definition) is 4. The van der Waals surface area contributed by atoms with Gasteiger partial charge in [0.2, 0.25) is 0 Å². The van der Waals surface area contributed by atoms with Crippen molar-refractivity contribution in [2.45, 2.75) is 13.8 Å². The van der Waals surface area contributed by atoms with Crippen LogP contribution >= 0.6 is 27.5 Å². The second-order valence-electron chi connectivity index (χ2n) is 5.23. The lowest BCUT2D eigenvalue weighted by molar-refractivity contribution is -0.123. The van der Waals surface area contributed by atoms with Crippen molar-refractivity contribution >= 4 is 39.7 Å². The molecule has 0 atom stereocenters. The molecule has 0 aliphatic carbocycles. The molecule has 0 saturated heterocycles. The van der Waals surface area contributed by atoms with Crippen LogP contribution in [0.5, 0.6) is 11.5 Å². The maximum absolute atomic E-state index is 11.7. The molecule has 0 aliphatic heterocycles. The first-order valence-corrected chi connectivity index (χ1v) is 8.23. The van der Waals surface area contributed by atoms with Crippen LogP contribution in [0.15, 0.2) is 39.9 Å². The number of hydrazone groups is 1. The molecule has 0 aromatic heterocycles. The van der Waals surface area contributed by atoms with E-state index in [1.165, 1.54) is 12.3 Å². The molecule has 0 radical (unpaired) electrons. The zero-order valence-corrected chi connectivity index (χ0v) is 15.5. The number of carbonyl (C=O) groups is 1. The minimum absolute atomic E-state index is 0.0103. The van der Waals surface area contributed by atoms with E-state index in [2.05, 4.69) is 26.5 Å². The van der Waals surface area contributed by atoms with E-state index in [1.807, 2.05) is 32.0 Å². The number of carbonyl (C=O) groups excluding carboxylic acids is 1. The van der Waals surface area contributed by atoms with Gasteiger partial charge in [-0.05, 0) is 65.2 Å². The average Bonchev–Trinajstić information content (AvgIpc) is 2.49. The lowest BCUT2D eigenvalue weighted by Gasteiger charge is -2.07. The highest BCUT2D eigenvalue weighted by molar-refractivity contribution is 9.10. The number of nitrogens with zero attached hydrogens (tertiary/aromatic N) is 1. The summed E-state index contributed by atoms with van der Waals surface area (Å²) in [6, 6.07) is 8.82. The largest absolute Gasteiger partial charge is 0.506 e. The van der Waals surface area contributed by atoms with Crippen molar-refractivity contribution in [3.8, 4) is 11.5 Å². The SMILES string of the molecule is Cc1cc(C)cc(OCC(=O)N/N=C\c2cc(Cl)cc(Br)c2O)c1. The smallest absolute Gasteiger partial charge is 0.277 e. The molecule has 0 heterocycles. The molecule has 126 valence electrons. The molecule has 0 saturated carbocycles. The van der Waals surface area contributed by atoms with E-state index in [0.29, 0.717) is 20.8 Å². The van der Waals surface area contributed by atoms with E-state index >= 15 is 0 Å². The summed E-state index contributed by atoms with van der Waals surface area (Å²) < 4.78 is 5.88. The first-order valence-electron chi connectivity index (χ1n) is 7.06. The second kappa shape index (κ2) is 8.17. The van der Waals surface area contributed by atoms with E-state index in [0.717, 1.165) is 11.1 Å². The molecule has 0 unspecified atom stereocenters. The van der Waals surface area contributed by atoms with Crippen molar-refractivity contribution in [1.29, 1.82) is 0 Å². The number of amides is 1. The van der Waals surface area contributed by atoms with Crippen LogP contribution in [0.3, 0.4) is 0 Å². The molecule has 7 heteroatoms. The van der Waals surface area contributed by atoms with E-state index in [-0.39, 0.29) is 12.4 Å². The van der Waals surface area contributed by atoms with Crippen molar-refractivity contribution in [2.75, 3.05) is 6.61 Å². The van der Waals surface area contributed by atoms with Crippen molar-refractivity contribution < 1.29 is 14.6 Å². The Labute approximate surface area is 153 Å². The van der Waals surface area contributed by atoms with Gasteiger partial charge in [-0.3, -0.25) is 4.79 Å². The lowest BCUT2D eigenvalue weighted by Crippen LogP contribution is -2.24. The maximum Gasteiger partial charge on any atom is 0.277 e. The van der Waals surface area contributed by atoms with E-state index in [4.69, 9.17) is 16.3 Å². The molecule has 2 aromatic rings. The van der Waals surface area contributed by atoms with Crippen LogP contribution in [0.25, 0.3) is 0 Å². The monoisotopic (exact) mass is 410 g/mol. The second-order valence-corrected chi connectivity index (χ2v) is 6.52. The van der Waals surface area contributed by atoms with Crippen LogP contribution in [0.2, 0.25) is 5.02 Å². The Morgan fingerprint density at radius 3 is 2.62 bits per heavy atom. The summed E-state index contributed by atoms with van der Waals surface area (Å²) in [7, 11) is 0. The zero-order chi connectivity index (χ0) is 17.7. The van der Waals surface area contributed by atoms with E-state index in [9.17, 15) is 9.90 Å². The number of hydrogen-bond donors (Lipinski definition) is 2. The molecule has 0 spiro atoms. The summed E-state index contributed by atoms with van der Waals surface area (Å²) in [6.45, 7) is 3.76. The topological polar surface area (TPSA) is 70.9 Å². The van der Waals surface area contributed by atoms with Gasteiger partial charge >= 0.3 is 0 Å². The predicted molar refractivity (Wildman–Crippen MR) is 98.0 cm³/mol. The van der Waals surface area contributed by atoms with Crippen LogP contribution < -0.4 is 10.2 Å². The van der Waals surface area contributed by atoms with Crippen molar-refractivity contribution in [3.63, 3.8) is 0 Å². The molecule has 1 amide bonds. The molecule has 0 aliphatic rings. The number of aryl methyl sites for hydroxylation is 2. The fraction of sp³-hybridized carbons (Fsp3) is 0.176. The fourth-order valence-electron chi connectivity index (χ4n) is 2.06. The van der Waals surface area contributed by atoms with Gasteiger partial charge in [0.1, 0.15) is 11.5 Å². The maximum atomic E-state index is 11.7. The van der Waals surface area contributed by atoms with Crippen LogP contribution in [0, 0.1) is 13.8 Å². The minimum atomic E-state index is -0.411. The third kappa shape index (κ3) is 5.25. The molecular weight excluding hydrogens is 396 g/mol. The summed E-state index contributed by atoms with van der Waals surface area (Å²) >= 11 is 9.07. The van der Waals surface area contributed by atoms with E-state index < -0.39 is 5.91 Å². The molecular formula is C17H16BrClN2O3. The summed E-state index contributed by atoms with van der Waals surface area (Å²) in [4.78, 5) is 11.7. The van der Waals surface area contributed by atoms with Gasteiger partial charge in [0.25, 0.3) is 5.91 Å². The third-order valence-corrected chi connectivity index (χ3v) is 3.84. The Bertz CT molecular complexity index is 773. The highest BCUT2D eigenvalue weighted by Gasteiger charge is 2.06. The van der Waals surface area contributed by atoms with Gasteiger partial charge in [0.05, 0.1) is 10.7 Å². The Morgan fingerprint density at radius 2 is 1.96 bits per heavy atom. The van der Waals surface area contributed by atoms with Crippen molar-refractivity contribution in [2.24, 2.45) is 5.10 Å². The quantitative estimate of drug-likeness (QED) is 0.578. The molecule has 2 rings (SSSR count). The summed E-state index contributed by atoms with van der Waals surface area (Å²) in [5, 5.41) is 14.1. The number of ether oxygens (including phenoxy) is 1. The van der Waals surface area contributed by atoms with Gasteiger partial charge in [-0.15, -0.1) is 0 Å².